The molecule has 0 unspecified atom stereocenters. The number of rotatable bonds is 2. The fraction of sp³-hybridized carbons (Fsp3) is 0. The van der Waals surface area contributed by atoms with E-state index in [-0.39, 0.29) is 0 Å². The molecule has 0 fully saturated rings. The summed E-state index contributed by atoms with van der Waals surface area (Å²) >= 11 is 0. The lowest BCUT2D eigenvalue weighted by molar-refractivity contribution is -0.104. The number of hydrogen-bond donors (Lipinski definition) is 0. The molecule has 0 aliphatic rings. The molecule has 0 aliphatic heterocycles. The maximum Gasteiger partial charge on any atom is 0.142 e. The van der Waals surface area contributed by atoms with Gasteiger partial charge in [0.05, 0.1) is 0 Å². The van der Waals surface area contributed by atoms with Crippen LogP contribution in [0.2, 0.25) is 0 Å². The summed E-state index contributed by atoms with van der Waals surface area (Å²) < 4.78 is 0. The Bertz CT molecular complexity index is 239. The third-order valence-corrected chi connectivity index (χ3v) is 1.17. The van der Waals surface area contributed by atoms with Crippen LogP contribution >= 0.6 is 0 Å². The number of carbonyl (C=O) groups excluding carboxylic acids is 2. The van der Waals surface area contributed by atoms with Crippen molar-refractivity contribution in [3.63, 3.8) is 0 Å². The van der Waals surface area contributed by atoms with Crippen LogP contribution in [0.3, 0.4) is 0 Å². The van der Waals surface area contributed by atoms with Gasteiger partial charge in [-0.25, -0.2) is 0 Å². The molecular weight excluding hydrogens is 152 g/mol. The van der Waals surface area contributed by atoms with E-state index < -0.39 is 0 Å². The van der Waals surface area contributed by atoms with Gasteiger partial charge < -0.3 is 4.79 Å². The highest BCUT2D eigenvalue weighted by Crippen LogP contribution is 1.99. The van der Waals surface area contributed by atoms with Crippen molar-refractivity contribution >= 4 is 19.2 Å². The van der Waals surface area contributed by atoms with Crippen molar-refractivity contribution in [2.45, 2.75) is 0 Å². The molecule has 0 saturated carbocycles. The molecule has 62 valence electrons. The van der Waals surface area contributed by atoms with Gasteiger partial charge >= 0.3 is 0 Å². The first-order valence-electron chi connectivity index (χ1n) is 3.39. The molecule has 1 rings (SSSR count). The fourth-order valence-electron chi connectivity index (χ4n) is 0.715. The SMILES string of the molecule is C=O.O=C/C=C/c1ccccc1. The molecule has 0 saturated heterocycles. The van der Waals surface area contributed by atoms with E-state index >= 15 is 0 Å². The summed E-state index contributed by atoms with van der Waals surface area (Å²) in [5.41, 5.74) is 1.05. The normalized spacial score (nSPS) is 8.67. The fourth-order valence-corrected chi connectivity index (χ4v) is 0.715. The van der Waals surface area contributed by atoms with Crippen molar-refractivity contribution in [2.24, 2.45) is 0 Å². The average Bonchev–Trinajstić information content (AvgIpc) is 2.19. The van der Waals surface area contributed by atoms with Gasteiger partial charge in [0.2, 0.25) is 0 Å². The van der Waals surface area contributed by atoms with E-state index in [1.54, 1.807) is 6.08 Å². The zero-order valence-corrected chi connectivity index (χ0v) is 6.64. The Morgan fingerprint density at radius 2 is 1.67 bits per heavy atom. The zero-order valence-electron chi connectivity index (χ0n) is 6.64. The molecule has 2 heteroatoms. The Morgan fingerprint density at radius 1 is 1.08 bits per heavy atom. The van der Waals surface area contributed by atoms with Gasteiger partial charge in [0.25, 0.3) is 0 Å². The molecule has 0 spiro atoms. The maximum atomic E-state index is 9.89. The molecular formula is C10H10O2. The number of carbonyl (C=O) groups is 2. The molecule has 0 bridgehead atoms. The van der Waals surface area contributed by atoms with Crippen LogP contribution in [-0.2, 0) is 9.59 Å². The van der Waals surface area contributed by atoms with Gasteiger partial charge in [0.15, 0.2) is 0 Å². The summed E-state index contributed by atoms with van der Waals surface area (Å²) in [4.78, 5) is 17.9. The van der Waals surface area contributed by atoms with E-state index in [1.807, 2.05) is 37.1 Å². The second-order valence-electron chi connectivity index (χ2n) is 1.91. The summed E-state index contributed by atoms with van der Waals surface area (Å²) in [6.45, 7) is 2.00. The molecule has 0 N–H and O–H groups in total. The minimum atomic E-state index is 0.771. The molecule has 0 heterocycles. The first-order valence-corrected chi connectivity index (χ1v) is 3.39. The Labute approximate surface area is 71.5 Å². The van der Waals surface area contributed by atoms with Gasteiger partial charge in [-0.3, -0.25) is 4.79 Å². The lowest BCUT2D eigenvalue weighted by Gasteiger charge is -1.86. The second kappa shape index (κ2) is 7.41. The Balaban J connectivity index is 0.000000561. The van der Waals surface area contributed by atoms with Gasteiger partial charge in [-0.15, -0.1) is 0 Å². The lowest BCUT2D eigenvalue weighted by Crippen LogP contribution is -1.67. The quantitative estimate of drug-likeness (QED) is 0.490. The van der Waals surface area contributed by atoms with Gasteiger partial charge in [-0.1, -0.05) is 36.4 Å². The van der Waals surface area contributed by atoms with E-state index in [4.69, 9.17) is 4.79 Å². The summed E-state index contributed by atoms with van der Waals surface area (Å²) in [5, 5.41) is 0. The monoisotopic (exact) mass is 162 g/mol. The van der Waals surface area contributed by atoms with Crippen molar-refractivity contribution in [3.05, 3.63) is 42.0 Å². The predicted molar refractivity (Wildman–Crippen MR) is 48.7 cm³/mol. The molecule has 2 nitrogen and oxygen atoms in total. The van der Waals surface area contributed by atoms with Crippen LogP contribution in [0.25, 0.3) is 6.08 Å². The third-order valence-electron chi connectivity index (χ3n) is 1.17. The molecule has 0 aliphatic carbocycles. The van der Waals surface area contributed by atoms with Crippen LogP contribution in [0, 0.1) is 0 Å². The Kier molecular flexibility index (Phi) is 6.36. The topological polar surface area (TPSA) is 34.1 Å². The van der Waals surface area contributed by atoms with Gasteiger partial charge in [-0.2, -0.15) is 0 Å². The van der Waals surface area contributed by atoms with Crippen LogP contribution in [0.5, 0.6) is 0 Å². The van der Waals surface area contributed by atoms with E-state index in [1.165, 1.54) is 6.08 Å². The molecule has 12 heavy (non-hydrogen) atoms. The van der Waals surface area contributed by atoms with Crippen molar-refractivity contribution < 1.29 is 9.59 Å². The standard InChI is InChI=1S/C9H8O.CH2O/c10-8-4-7-9-5-2-1-3-6-9;1-2/h1-8H;1H2/b7-4+;. The van der Waals surface area contributed by atoms with E-state index in [2.05, 4.69) is 0 Å². The highest BCUT2D eigenvalue weighted by Gasteiger charge is 1.79. The van der Waals surface area contributed by atoms with E-state index in [9.17, 15) is 4.79 Å². The van der Waals surface area contributed by atoms with Crippen LogP contribution in [0.4, 0.5) is 0 Å². The summed E-state index contributed by atoms with van der Waals surface area (Å²) in [5.74, 6) is 0. The molecule has 0 aromatic heterocycles. The number of benzene rings is 1. The van der Waals surface area contributed by atoms with Crippen LogP contribution in [0.1, 0.15) is 5.56 Å². The van der Waals surface area contributed by atoms with Gasteiger partial charge in [0.1, 0.15) is 13.1 Å². The number of aldehydes is 1. The van der Waals surface area contributed by atoms with E-state index in [0.29, 0.717) is 0 Å². The summed E-state index contributed by atoms with van der Waals surface area (Å²) in [6.07, 6.45) is 4.02. The number of hydrogen-bond acceptors (Lipinski definition) is 2. The minimum Gasteiger partial charge on any atom is -0.307 e. The van der Waals surface area contributed by atoms with Crippen LogP contribution in [-0.4, -0.2) is 13.1 Å². The van der Waals surface area contributed by atoms with Crippen LogP contribution in [0.15, 0.2) is 36.4 Å². The smallest absolute Gasteiger partial charge is 0.142 e. The van der Waals surface area contributed by atoms with E-state index in [0.717, 1.165) is 11.8 Å². The predicted octanol–water partition coefficient (Wildman–Crippen LogP) is 1.71. The third kappa shape index (κ3) is 4.17. The van der Waals surface area contributed by atoms with Crippen molar-refractivity contribution in [1.82, 2.24) is 0 Å². The van der Waals surface area contributed by atoms with Gasteiger partial charge in [-0.05, 0) is 11.6 Å². The zero-order chi connectivity index (χ0) is 9.23. The average molecular weight is 162 g/mol. The minimum absolute atomic E-state index is 0.771. The van der Waals surface area contributed by atoms with Crippen molar-refractivity contribution in [2.75, 3.05) is 0 Å². The maximum absolute atomic E-state index is 9.89. The first kappa shape index (κ1) is 10.3. The van der Waals surface area contributed by atoms with Crippen LogP contribution < -0.4 is 0 Å². The highest BCUT2D eigenvalue weighted by atomic mass is 16.1. The Morgan fingerprint density at radius 3 is 2.17 bits per heavy atom. The molecule has 0 atom stereocenters. The Hall–Kier alpha value is -1.70. The number of allylic oxidation sites excluding steroid dienone is 1. The van der Waals surface area contributed by atoms with Crippen molar-refractivity contribution in [3.8, 4) is 0 Å². The highest BCUT2D eigenvalue weighted by molar-refractivity contribution is 5.73. The largest absolute Gasteiger partial charge is 0.307 e. The lowest BCUT2D eigenvalue weighted by atomic mass is 10.2. The first-order chi connectivity index (χ1) is 5.93. The van der Waals surface area contributed by atoms with Crippen molar-refractivity contribution in [1.29, 1.82) is 0 Å². The second-order valence-corrected chi connectivity index (χ2v) is 1.91. The molecule has 1 aromatic rings. The summed E-state index contributed by atoms with van der Waals surface area (Å²) in [7, 11) is 0. The van der Waals surface area contributed by atoms with Gasteiger partial charge in [0, 0.05) is 0 Å². The molecule has 1 aromatic carbocycles. The molecule has 0 radical (unpaired) electrons. The summed E-state index contributed by atoms with van der Waals surface area (Å²) in [6, 6.07) is 9.70. The molecule has 0 amide bonds.